The third-order valence-corrected chi connectivity index (χ3v) is 3.00. The van der Waals surface area contributed by atoms with E-state index in [0.717, 1.165) is 5.69 Å². The number of ether oxygens (including phenoxy) is 1. The van der Waals surface area contributed by atoms with Crippen molar-refractivity contribution in [1.29, 1.82) is 0 Å². The highest BCUT2D eigenvalue weighted by Gasteiger charge is 2.10. The van der Waals surface area contributed by atoms with Gasteiger partial charge in [-0.1, -0.05) is 11.6 Å². The van der Waals surface area contributed by atoms with Gasteiger partial charge in [-0.15, -0.1) is 0 Å². The summed E-state index contributed by atoms with van der Waals surface area (Å²) in [5, 5.41) is 3.59. The first kappa shape index (κ1) is 15.7. The first-order valence-electron chi connectivity index (χ1n) is 6.66. The molecule has 3 nitrogen and oxygen atoms in total. The van der Waals surface area contributed by atoms with Crippen LogP contribution in [0.4, 0.5) is 4.39 Å². The van der Waals surface area contributed by atoms with Crippen LogP contribution in [0.5, 0.6) is 11.5 Å². The number of benzene rings is 1. The average molecular weight is 309 g/mol. The van der Waals surface area contributed by atoms with Crippen molar-refractivity contribution in [2.75, 3.05) is 0 Å². The Hall–Kier alpha value is -1.65. The molecular weight excluding hydrogens is 291 g/mol. The maximum Gasteiger partial charge on any atom is 0.146 e. The summed E-state index contributed by atoms with van der Waals surface area (Å²) in [6.07, 6.45) is 1.67. The quantitative estimate of drug-likeness (QED) is 0.899. The van der Waals surface area contributed by atoms with Gasteiger partial charge in [0.2, 0.25) is 0 Å². The first-order chi connectivity index (χ1) is 9.83. The summed E-state index contributed by atoms with van der Waals surface area (Å²) in [5.41, 5.74) is 0.874. The number of pyridine rings is 1. The van der Waals surface area contributed by atoms with Crippen LogP contribution < -0.4 is 10.1 Å². The van der Waals surface area contributed by atoms with Gasteiger partial charge in [-0.3, -0.25) is 4.98 Å². The number of nitrogens with one attached hydrogen (secondary N) is 1. The number of rotatable bonds is 4. The molecule has 0 radical (unpaired) electrons. The second-order valence-corrected chi connectivity index (χ2v) is 6.17. The topological polar surface area (TPSA) is 34.1 Å². The molecule has 1 N–H and O–H groups in total. The Morgan fingerprint density at radius 3 is 2.67 bits per heavy atom. The molecule has 0 bridgehead atoms. The van der Waals surface area contributed by atoms with E-state index in [1.54, 1.807) is 12.3 Å². The number of hydrogen-bond acceptors (Lipinski definition) is 3. The minimum absolute atomic E-state index is 0.0127. The molecule has 5 heteroatoms. The van der Waals surface area contributed by atoms with Gasteiger partial charge >= 0.3 is 0 Å². The molecule has 1 heterocycles. The molecule has 0 aliphatic carbocycles. The van der Waals surface area contributed by atoms with E-state index in [9.17, 15) is 4.39 Å². The Morgan fingerprint density at radius 1 is 1.24 bits per heavy atom. The van der Waals surface area contributed by atoms with Crippen molar-refractivity contribution in [3.63, 3.8) is 0 Å². The van der Waals surface area contributed by atoms with Gasteiger partial charge < -0.3 is 10.1 Å². The van der Waals surface area contributed by atoms with E-state index in [1.807, 2.05) is 6.07 Å². The lowest BCUT2D eigenvalue weighted by Gasteiger charge is -2.20. The maximum atomic E-state index is 13.0. The second kappa shape index (κ2) is 6.41. The van der Waals surface area contributed by atoms with Crippen molar-refractivity contribution >= 4 is 11.6 Å². The first-order valence-corrected chi connectivity index (χ1v) is 7.04. The van der Waals surface area contributed by atoms with Crippen LogP contribution >= 0.6 is 11.6 Å². The van der Waals surface area contributed by atoms with Crippen molar-refractivity contribution < 1.29 is 9.13 Å². The third kappa shape index (κ3) is 4.99. The molecule has 0 aliphatic rings. The van der Waals surface area contributed by atoms with E-state index in [2.05, 4.69) is 31.1 Å². The fourth-order valence-electron chi connectivity index (χ4n) is 1.66. The molecule has 0 saturated carbocycles. The van der Waals surface area contributed by atoms with Crippen LogP contribution in [0.2, 0.25) is 5.02 Å². The van der Waals surface area contributed by atoms with E-state index >= 15 is 0 Å². The van der Waals surface area contributed by atoms with Crippen LogP contribution in [0.15, 0.2) is 36.5 Å². The molecule has 0 aliphatic heterocycles. The highest BCUT2D eigenvalue weighted by atomic mass is 35.5. The van der Waals surface area contributed by atoms with Crippen LogP contribution in [0.25, 0.3) is 0 Å². The van der Waals surface area contributed by atoms with Crippen LogP contribution in [0.1, 0.15) is 26.5 Å². The average Bonchev–Trinajstić information content (AvgIpc) is 2.39. The minimum atomic E-state index is -0.392. The van der Waals surface area contributed by atoms with Gasteiger partial charge in [-0.05, 0) is 45.0 Å². The number of hydrogen-bond donors (Lipinski definition) is 1. The third-order valence-electron chi connectivity index (χ3n) is 2.71. The molecule has 1 aromatic carbocycles. The molecule has 2 aromatic rings. The number of aromatic nitrogens is 1. The van der Waals surface area contributed by atoms with Gasteiger partial charge in [-0.2, -0.15) is 0 Å². The molecule has 0 unspecified atom stereocenters. The van der Waals surface area contributed by atoms with Gasteiger partial charge in [0, 0.05) is 24.3 Å². The van der Waals surface area contributed by atoms with Crippen molar-refractivity contribution in [3.05, 3.63) is 53.1 Å². The largest absolute Gasteiger partial charge is 0.456 e. The van der Waals surface area contributed by atoms with Crippen molar-refractivity contribution in [2.24, 2.45) is 0 Å². The van der Waals surface area contributed by atoms with E-state index in [0.29, 0.717) is 18.0 Å². The Bertz CT molecular complexity index is 626. The Kier molecular flexibility index (Phi) is 4.80. The Balaban J connectivity index is 2.10. The molecule has 1 aromatic heterocycles. The monoisotopic (exact) mass is 308 g/mol. The van der Waals surface area contributed by atoms with Gasteiger partial charge in [-0.25, -0.2) is 4.39 Å². The molecule has 112 valence electrons. The van der Waals surface area contributed by atoms with E-state index in [1.165, 1.54) is 18.2 Å². The zero-order valence-corrected chi connectivity index (χ0v) is 13.0. The van der Waals surface area contributed by atoms with Gasteiger partial charge in [0.05, 0.1) is 10.7 Å². The van der Waals surface area contributed by atoms with Gasteiger partial charge in [0.25, 0.3) is 0 Å². The lowest BCUT2D eigenvalue weighted by molar-refractivity contribution is 0.419. The number of nitrogens with zero attached hydrogens (tertiary/aromatic N) is 1. The summed E-state index contributed by atoms with van der Waals surface area (Å²) in [6, 6.07) is 7.61. The fraction of sp³-hybridized carbons (Fsp3) is 0.312. The van der Waals surface area contributed by atoms with Crippen molar-refractivity contribution in [3.8, 4) is 11.5 Å². The summed E-state index contributed by atoms with van der Waals surface area (Å²) < 4.78 is 18.7. The van der Waals surface area contributed by atoms with E-state index < -0.39 is 5.82 Å². The van der Waals surface area contributed by atoms with Crippen molar-refractivity contribution in [2.45, 2.75) is 32.9 Å². The van der Waals surface area contributed by atoms with E-state index in [4.69, 9.17) is 16.3 Å². The van der Waals surface area contributed by atoms with E-state index in [-0.39, 0.29) is 10.6 Å². The number of halogens is 2. The lowest BCUT2D eigenvalue weighted by Crippen LogP contribution is -2.35. The predicted octanol–water partition coefficient (Wildman–Crippen LogP) is 4.55. The minimum Gasteiger partial charge on any atom is -0.456 e. The summed E-state index contributed by atoms with van der Waals surface area (Å²) in [7, 11) is 0. The fourth-order valence-corrected chi connectivity index (χ4v) is 1.86. The molecule has 0 amide bonds. The molecule has 0 atom stereocenters. The zero-order valence-electron chi connectivity index (χ0n) is 12.3. The van der Waals surface area contributed by atoms with Gasteiger partial charge in [0.15, 0.2) is 0 Å². The molecule has 0 fully saturated rings. The summed E-state index contributed by atoms with van der Waals surface area (Å²) in [4.78, 5) is 4.29. The normalized spacial score (nSPS) is 11.5. The molecule has 0 saturated heterocycles. The van der Waals surface area contributed by atoms with Gasteiger partial charge in [0.1, 0.15) is 17.3 Å². The molecule has 0 spiro atoms. The SMILES string of the molecule is CC(C)(C)NCc1cc(Oc2ccc(F)cc2Cl)ccn1. The molecule has 21 heavy (non-hydrogen) atoms. The summed E-state index contributed by atoms with van der Waals surface area (Å²) >= 11 is 5.95. The van der Waals surface area contributed by atoms with Crippen molar-refractivity contribution in [1.82, 2.24) is 10.3 Å². The molecular formula is C16H18ClFN2O. The van der Waals surface area contributed by atoms with Crippen LogP contribution in [-0.4, -0.2) is 10.5 Å². The summed E-state index contributed by atoms with van der Waals surface area (Å²) in [5.74, 6) is 0.639. The Morgan fingerprint density at radius 2 is 2.00 bits per heavy atom. The highest BCUT2D eigenvalue weighted by molar-refractivity contribution is 6.32. The predicted molar refractivity (Wildman–Crippen MR) is 82.3 cm³/mol. The maximum absolute atomic E-state index is 13.0. The lowest BCUT2D eigenvalue weighted by atomic mass is 10.1. The molecule has 2 rings (SSSR count). The van der Waals surface area contributed by atoms with Crippen LogP contribution in [0.3, 0.4) is 0 Å². The Labute approximate surface area is 129 Å². The highest BCUT2D eigenvalue weighted by Crippen LogP contribution is 2.29. The zero-order chi connectivity index (χ0) is 15.5. The van der Waals surface area contributed by atoms with Crippen LogP contribution in [-0.2, 0) is 6.54 Å². The second-order valence-electron chi connectivity index (χ2n) is 5.76. The smallest absolute Gasteiger partial charge is 0.146 e. The standard InChI is InChI=1S/C16H18ClFN2O/c1-16(2,3)20-10-12-9-13(6-7-19-12)21-15-5-4-11(18)8-14(15)17/h4-9,20H,10H2,1-3H3. The van der Waals surface area contributed by atoms with Crippen LogP contribution in [0, 0.1) is 5.82 Å². The summed E-state index contributed by atoms with van der Waals surface area (Å²) in [6.45, 7) is 6.90.